The van der Waals surface area contributed by atoms with E-state index in [4.69, 9.17) is 9.84 Å². The Morgan fingerprint density at radius 2 is 1.83 bits per heavy atom. The van der Waals surface area contributed by atoms with Crippen LogP contribution in [0.4, 0.5) is 5.69 Å². The predicted molar refractivity (Wildman–Crippen MR) is 88.8 cm³/mol. The van der Waals surface area contributed by atoms with Gasteiger partial charge in [-0.3, -0.25) is 9.69 Å². The molecular formula is C17H27LiN2O3. The van der Waals surface area contributed by atoms with Crippen LogP contribution in [0.2, 0.25) is 0 Å². The van der Waals surface area contributed by atoms with Gasteiger partial charge >= 0.3 is 24.8 Å². The van der Waals surface area contributed by atoms with Crippen molar-refractivity contribution < 1.29 is 34.9 Å². The molecule has 1 aromatic rings. The zero-order valence-corrected chi connectivity index (χ0v) is 14.5. The number of carboxylic acids is 1. The third kappa shape index (κ3) is 6.86. The van der Waals surface area contributed by atoms with Gasteiger partial charge in [0.2, 0.25) is 0 Å². The first kappa shape index (κ1) is 19.9. The maximum absolute atomic E-state index is 10.6. The Kier molecular flexibility index (Phi) is 8.54. The molecule has 1 aromatic carbocycles. The zero-order valence-electron chi connectivity index (χ0n) is 15.5. The molecule has 2 rings (SSSR count). The fourth-order valence-electron chi connectivity index (χ4n) is 2.50. The van der Waals surface area contributed by atoms with Crippen LogP contribution in [0.15, 0.2) is 24.3 Å². The number of aliphatic carboxylic acids is 1. The molecule has 0 bridgehead atoms. The molecule has 6 heteroatoms. The zero-order chi connectivity index (χ0) is 15.9. The van der Waals surface area contributed by atoms with Gasteiger partial charge < -0.3 is 16.2 Å². The van der Waals surface area contributed by atoms with Gasteiger partial charge in [-0.1, -0.05) is 13.8 Å². The summed E-state index contributed by atoms with van der Waals surface area (Å²) in [4.78, 5) is 15.2. The Labute approximate surface area is 152 Å². The molecule has 0 unspecified atom stereocenters. The van der Waals surface area contributed by atoms with E-state index >= 15 is 0 Å². The summed E-state index contributed by atoms with van der Waals surface area (Å²) in [5.74, 6) is 0.718. The second kappa shape index (κ2) is 9.87. The van der Waals surface area contributed by atoms with Crippen LogP contribution in [0.25, 0.3) is 0 Å². The van der Waals surface area contributed by atoms with Gasteiger partial charge in [-0.05, 0) is 30.2 Å². The van der Waals surface area contributed by atoms with Crippen LogP contribution in [0.1, 0.15) is 21.7 Å². The number of carboxylic acid groups (broad SMARTS) is 1. The Bertz CT molecular complexity index is 477. The minimum absolute atomic E-state index is 0. The third-order valence-corrected chi connectivity index (χ3v) is 3.80. The molecule has 0 amide bonds. The number of ether oxygens (including phenoxy) is 1. The Balaban J connectivity index is 0.00000264. The molecule has 0 atom stereocenters. The van der Waals surface area contributed by atoms with Crippen LogP contribution in [-0.4, -0.2) is 55.3 Å². The van der Waals surface area contributed by atoms with E-state index in [-0.39, 0.29) is 26.7 Å². The van der Waals surface area contributed by atoms with Gasteiger partial charge in [-0.2, -0.15) is 0 Å². The molecule has 124 valence electrons. The monoisotopic (exact) mass is 314 g/mol. The molecule has 23 heavy (non-hydrogen) atoms. The van der Waals surface area contributed by atoms with Crippen LogP contribution in [0.5, 0.6) is 5.75 Å². The van der Waals surface area contributed by atoms with Gasteiger partial charge in [0.15, 0.2) is 0 Å². The third-order valence-electron chi connectivity index (χ3n) is 3.80. The van der Waals surface area contributed by atoms with E-state index in [0.717, 1.165) is 38.5 Å². The van der Waals surface area contributed by atoms with E-state index in [1.165, 1.54) is 5.69 Å². The first-order chi connectivity index (χ1) is 10.5. The molecule has 1 fully saturated rings. The van der Waals surface area contributed by atoms with Gasteiger partial charge in [0.25, 0.3) is 0 Å². The first-order valence-corrected chi connectivity index (χ1v) is 7.96. The van der Waals surface area contributed by atoms with Crippen molar-refractivity contribution in [3.63, 3.8) is 0 Å². The van der Waals surface area contributed by atoms with Crippen molar-refractivity contribution in [1.82, 2.24) is 4.90 Å². The second-order valence-corrected chi connectivity index (χ2v) is 6.17. The molecule has 1 saturated heterocycles. The topological polar surface area (TPSA) is 53.0 Å². The van der Waals surface area contributed by atoms with E-state index in [1.54, 1.807) is 0 Å². The molecule has 1 heterocycles. The molecule has 1 aliphatic rings. The van der Waals surface area contributed by atoms with Crippen molar-refractivity contribution in [2.45, 2.75) is 20.3 Å². The van der Waals surface area contributed by atoms with Crippen molar-refractivity contribution in [1.29, 1.82) is 0 Å². The summed E-state index contributed by atoms with van der Waals surface area (Å²) < 4.78 is 5.70. The van der Waals surface area contributed by atoms with Gasteiger partial charge in [-0.25, -0.2) is 0 Å². The van der Waals surface area contributed by atoms with Gasteiger partial charge in [-0.15, -0.1) is 0 Å². The smallest absolute Gasteiger partial charge is 1.00 e. The molecule has 0 spiro atoms. The minimum Gasteiger partial charge on any atom is -1.00 e. The number of piperazine rings is 1. The predicted octanol–water partition coefficient (Wildman–Crippen LogP) is -0.565. The fraction of sp³-hybridized carbons (Fsp3) is 0.588. The number of hydrogen-bond donors (Lipinski definition) is 1. The van der Waals surface area contributed by atoms with Crippen LogP contribution in [0.3, 0.4) is 0 Å². The number of benzene rings is 1. The number of anilines is 1. The molecule has 0 aromatic heterocycles. The van der Waals surface area contributed by atoms with Crippen LogP contribution in [-0.2, 0) is 4.79 Å². The van der Waals surface area contributed by atoms with Crippen molar-refractivity contribution in [3.8, 4) is 5.75 Å². The molecule has 1 N–H and O–H groups in total. The Morgan fingerprint density at radius 1 is 1.22 bits per heavy atom. The summed E-state index contributed by atoms with van der Waals surface area (Å²) >= 11 is 0. The van der Waals surface area contributed by atoms with Crippen molar-refractivity contribution in [2.75, 3.05) is 44.2 Å². The van der Waals surface area contributed by atoms with Gasteiger partial charge in [0, 0.05) is 38.4 Å². The summed E-state index contributed by atoms with van der Waals surface area (Å²) in [7, 11) is 0. The SMILES string of the molecule is CC(C)COc1ccc(N2CCN(CCC(=O)O)CC2)cc1.[H-].[Li+]. The number of rotatable bonds is 7. The van der Waals surface area contributed by atoms with Crippen molar-refractivity contribution in [2.24, 2.45) is 5.92 Å². The van der Waals surface area contributed by atoms with E-state index in [2.05, 4.69) is 35.8 Å². The first-order valence-electron chi connectivity index (χ1n) is 7.96. The average molecular weight is 314 g/mol. The number of carbonyl (C=O) groups is 1. The van der Waals surface area contributed by atoms with E-state index < -0.39 is 5.97 Å². The van der Waals surface area contributed by atoms with E-state index in [1.807, 2.05) is 12.1 Å². The van der Waals surface area contributed by atoms with Gasteiger partial charge in [0.05, 0.1) is 13.0 Å². The molecule has 0 radical (unpaired) electrons. The Morgan fingerprint density at radius 3 is 2.35 bits per heavy atom. The van der Waals surface area contributed by atoms with E-state index in [0.29, 0.717) is 12.5 Å². The number of nitrogens with zero attached hydrogens (tertiary/aromatic N) is 2. The summed E-state index contributed by atoms with van der Waals surface area (Å²) in [6, 6.07) is 8.24. The average Bonchev–Trinajstić information content (AvgIpc) is 2.52. The maximum Gasteiger partial charge on any atom is 1.00 e. The van der Waals surface area contributed by atoms with Crippen LogP contribution < -0.4 is 28.5 Å². The summed E-state index contributed by atoms with van der Waals surface area (Å²) in [5, 5.41) is 8.73. The summed E-state index contributed by atoms with van der Waals surface area (Å²) in [6.07, 6.45) is 0.224. The molecule has 0 aliphatic carbocycles. The van der Waals surface area contributed by atoms with Crippen LogP contribution in [0, 0.1) is 5.92 Å². The number of hydrogen-bond acceptors (Lipinski definition) is 4. The Hall–Kier alpha value is -1.15. The summed E-state index contributed by atoms with van der Waals surface area (Å²) in [5.41, 5.74) is 1.20. The quantitative estimate of drug-likeness (QED) is 0.684. The minimum atomic E-state index is -0.723. The van der Waals surface area contributed by atoms with Crippen molar-refractivity contribution >= 4 is 11.7 Å². The fourth-order valence-corrected chi connectivity index (χ4v) is 2.50. The standard InChI is InChI=1S/C17H26N2O3.Li.H/c1-14(2)13-22-16-5-3-15(4-6-16)19-11-9-18(10-12-19)8-7-17(20)21;;/h3-6,14H,7-13H2,1-2H3,(H,20,21);;/q;+1;-1. The van der Waals surface area contributed by atoms with E-state index in [9.17, 15) is 4.79 Å². The molecule has 5 nitrogen and oxygen atoms in total. The van der Waals surface area contributed by atoms with Crippen LogP contribution >= 0.6 is 0 Å². The van der Waals surface area contributed by atoms with Crippen molar-refractivity contribution in [3.05, 3.63) is 24.3 Å². The second-order valence-electron chi connectivity index (χ2n) is 6.17. The molecule has 1 aliphatic heterocycles. The molecule has 0 saturated carbocycles. The largest absolute Gasteiger partial charge is 1.00 e. The summed E-state index contributed by atoms with van der Waals surface area (Å²) in [6.45, 7) is 9.36. The molecular weight excluding hydrogens is 287 g/mol. The maximum atomic E-state index is 10.6. The normalized spacial score (nSPS) is 15.3. The van der Waals surface area contributed by atoms with Gasteiger partial charge in [0.1, 0.15) is 5.75 Å².